The van der Waals surface area contributed by atoms with Gasteiger partial charge in [0.1, 0.15) is 0 Å². The lowest BCUT2D eigenvalue weighted by Crippen LogP contribution is -2.14. The van der Waals surface area contributed by atoms with Crippen LogP contribution in [0.1, 0.15) is 21.7 Å². The van der Waals surface area contributed by atoms with Crippen LogP contribution in [-0.4, -0.2) is 28.4 Å². The van der Waals surface area contributed by atoms with Gasteiger partial charge in [-0.15, -0.1) is 10.2 Å². The monoisotopic (exact) mass is 278 g/mol. The first kappa shape index (κ1) is 12.0. The number of hydrogen-bond acceptors (Lipinski definition) is 7. The molecule has 7 nitrogen and oxygen atoms in total. The summed E-state index contributed by atoms with van der Waals surface area (Å²) in [5.41, 5.74) is 2.03. The minimum atomic E-state index is -0.383. The van der Waals surface area contributed by atoms with Crippen molar-refractivity contribution in [2.75, 3.05) is 12.4 Å². The van der Waals surface area contributed by atoms with E-state index in [1.54, 1.807) is 17.8 Å². The highest BCUT2D eigenvalue weighted by Gasteiger charge is 2.23. The van der Waals surface area contributed by atoms with Crippen LogP contribution in [0.25, 0.3) is 0 Å². The quantitative estimate of drug-likeness (QED) is 0.909. The molecule has 0 fully saturated rings. The number of hydrogen-bond donors (Lipinski definition) is 1. The SMILES string of the molecule is COc1ccc(C(=O)Nc2onc3c2CSC3)nn1. The molecule has 1 N–H and O–H groups in total. The summed E-state index contributed by atoms with van der Waals surface area (Å²) in [5.74, 6) is 1.97. The number of ether oxygens (including phenoxy) is 1. The first-order valence-corrected chi connectivity index (χ1v) is 6.67. The maximum atomic E-state index is 12.0. The molecule has 19 heavy (non-hydrogen) atoms. The van der Waals surface area contributed by atoms with Crippen molar-refractivity contribution in [1.29, 1.82) is 0 Å². The fraction of sp³-hybridized carbons (Fsp3) is 0.273. The number of anilines is 1. The molecule has 1 aliphatic rings. The molecule has 0 atom stereocenters. The summed E-state index contributed by atoms with van der Waals surface area (Å²) in [6.07, 6.45) is 0. The van der Waals surface area contributed by atoms with Crippen LogP contribution in [0.5, 0.6) is 5.88 Å². The Morgan fingerprint density at radius 3 is 3.05 bits per heavy atom. The van der Waals surface area contributed by atoms with Crippen LogP contribution in [0.15, 0.2) is 16.7 Å². The third kappa shape index (κ3) is 2.26. The van der Waals surface area contributed by atoms with Gasteiger partial charge in [-0.3, -0.25) is 10.1 Å². The van der Waals surface area contributed by atoms with Crippen LogP contribution in [0.4, 0.5) is 5.88 Å². The predicted molar refractivity (Wildman–Crippen MR) is 68.0 cm³/mol. The smallest absolute Gasteiger partial charge is 0.278 e. The van der Waals surface area contributed by atoms with Crippen molar-refractivity contribution in [3.05, 3.63) is 29.1 Å². The summed E-state index contributed by atoms with van der Waals surface area (Å²) in [5, 5.41) is 14.1. The van der Waals surface area contributed by atoms with Gasteiger partial charge >= 0.3 is 0 Å². The zero-order chi connectivity index (χ0) is 13.2. The van der Waals surface area contributed by atoms with Crippen molar-refractivity contribution in [3.8, 4) is 5.88 Å². The maximum absolute atomic E-state index is 12.0. The molecular formula is C11H10N4O3S. The molecule has 0 aromatic carbocycles. The Bertz CT molecular complexity index is 611. The number of methoxy groups -OCH3 is 1. The lowest BCUT2D eigenvalue weighted by atomic mass is 10.3. The number of carbonyl (C=O) groups is 1. The normalized spacial score (nSPS) is 13.1. The molecule has 0 spiro atoms. The van der Waals surface area contributed by atoms with E-state index in [1.165, 1.54) is 13.2 Å². The van der Waals surface area contributed by atoms with Gasteiger partial charge in [-0.25, -0.2) is 0 Å². The average molecular weight is 278 g/mol. The van der Waals surface area contributed by atoms with Crippen LogP contribution in [0.3, 0.4) is 0 Å². The highest BCUT2D eigenvalue weighted by molar-refractivity contribution is 7.98. The Morgan fingerprint density at radius 1 is 1.42 bits per heavy atom. The molecular weight excluding hydrogens is 268 g/mol. The molecule has 1 aliphatic heterocycles. The zero-order valence-corrected chi connectivity index (χ0v) is 10.9. The lowest BCUT2D eigenvalue weighted by molar-refractivity contribution is 0.101. The van der Waals surface area contributed by atoms with Crippen molar-refractivity contribution in [1.82, 2.24) is 15.4 Å². The molecule has 0 unspecified atom stereocenters. The summed E-state index contributed by atoms with van der Waals surface area (Å²) in [7, 11) is 1.49. The molecule has 3 rings (SSSR count). The van der Waals surface area contributed by atoms with E-state index in [4.69, 9.17) is 9.26 Å². The van der Waals surface area contributed by atoms with Gasteiger partial charge in [-0.2, -0.15) is 11.8 Å². The second-order valence-electron chi connectivity index (χ2n) is 3.84. The average Bonchev–Trinajstić information content (AvgIpc) is 3.04. The first-order valence-electron chi connectivity index (χ1n) is 5.52. The van der Waals surface area contributed by atoms with E-state index >= 15 is 0 Å². The minimum absolute atomic E-state index is 0.191. The molecule has 8 heteroatoms. The predicted octanol–water partition coefficient (Wildman–Crippen LogP) is 1.47. The largest absolute Gasteiger partial charge is 0.480 e. The molecule has 0 aliphatic carbocycles. The third-order valence-corrected chi connectivity index (χ3v) is 3.63. The summed E-state index contributed by atoms with van der Waals surface area (Å²) in [6.45, 7) is 0. The van der Waals surface area contributed by atoms with Crippen molar-refractivity contribution in [2.24, 2.45) is 0 Å². The molecule has 2 aromatic heterocycles. The van der Waals surface area contributed by atoms with Crippen LogP contribution in [0, 0.1) is 0 Å². The molecule has 0 saturated heterocycles. The highest BCUT2D eigenvalue weighted by Crippen LogP contribution is 2.34. The van der Waals surface area contributed by atoms with Gasteiger partial charge in [0.05, 0.1) is 18.4 Å². The van der Waals surface area contributed by atoms with Crippen LogP contribution < -0.4 is 10.1 Å². The van der Waals surface area contributed by atoms with Crippen molar-refractivity contribution < 1.29 is 14.1 Å². The van der Waals surface area contributed by atoms with Gasteiger partial charge < -0.3 is 9.26 Å². The topological polar surface area (TPSA) is 90.1 Å². The third-order valence-electron chi connectivity index (χ3n) is 2.66. The number of thioether (sulfide) groups is 1. The number of nitrogens with zero attached hydrogens (tertiary/aromatic N) is 3. The summed E-state index contributed by atoms with van der Waals surface area (Å²) >= 11 is 1.73. The standard InChI is InChI=1S/C11H10N4O3S/c1-17-9-3-2-7(13-14-9)10(16)12-11-6-4-19-5-8(6)15-18-11/h2-3H,4-5H2,1H3,(H,12,16). The van der Waals surface area contributed by atoms with Gasteiger partial charge in [0.15, 0.2) is 5.69 Å². The minimum Gasteiger partial charge on any atom is -0.480 e. The van der Waals surface area contributed by atoms with Gasteiger partial charge in [-0.05, 0) is 6.07 Å². The fourth-order valence-electron chi connectivity index (χ4n) is 1.67. The van der Waals surface area contributed by atoms with E-state index in [2.05, 4.69) is 20.7 Å². The number of aromatic nitrogens is 3. The van der Waals surface area contributed by atoms with Gasteiger partial charge in [0.2, 0.25) is 11.8 Å². The number of fused-ring (bicyclic) bond motifs is 1. The van der Waals surface area contributed by atoms with E-state index in [-0.39, 0.29) is 11.6 Å². The van der Waals surface area contributed by atoms with Crippen molar-refractivity contribution >= 4 is 23.6 Å². The summed E-state index contributed by atoms with van der Waals surface area (Å²) < 4.78 is 9.99. The molecule has 2 aromatic rings. The molecule has 0 bridgehead atoms. The van der Waals surface area contributed by atoms with E-state index in [1.807, 2.05) is 0 Å². The number of rotatable bonds is 3. The lowest BCUT2D eigenvalue weighted by Gasteiger charge is -2.02. The number of amides is 1. The summed E-state index contributed by atoms with van der Waals surface area (Å²) in [4.78, 5) is 12.0. The maximum Gasteiger partial charge on any atom is 0.278 e. The Kier molecular flexibility index (Phi) is 3.08. The Morgan fingerprint density at radius 2 is 2.32 bits per heavy atom. The van der Waals surface area contributed by atoms with Crippen molar-refractivity contribution in [2.45, 2.75) is 11.5 Å². The Labute approximate surface area is 112 Å². The molecule has 0 radical (unpaired) electrons. The van der Waals surface area contributed by atoms with Gasteiger partial charge in [0, 0.05) is 17.6 Å². The number of nitrogens with one attached hydrogen (secondary N) is 1. The van der Waals surface area contributed by atoms with E-state index < -0.39 is 0 Å². The molecule has 3 heterocycles. The van der Waals surface area contributed by atoms with E-state index in [0.717, 1.165) is 22.8 Å². The molecule has 1 amide bonds. The second kappa shape index (κ2) is 4.88. The Hall–Kier alpha value is -2.09. The zero-order valence-electron chi connectivity index (χ0n) is 10.0. The van der Waals surface area contributed by atoms with Crippen LogP contribution in [-0.2, 0) is 11.5 Å². The second-order valence-corrected chi connectivity index (χ2v) is 4.83. The fourth-order valence-corrected chi connectivity index (χ4v) is 2.69. The highest BCUT2D eigenvalue weighted by atomic mass is 32.2. The molecule has 98 valence electrons. The number of carbonyl (C=O) groups excluding carboxylic acids is 1. The van der Waals surface area contributed by atoms with E-state index in [0.29, 0.717) is 11.8 Å². The van der Waals surface area contributed by atoms with Crippen molar-refractivity contribution in [3.63, 3.8) is 0 Å². The van der Waals surface area contributed by atoms with Crippen LogP contribution >= 0.6 is 11.8 Å². The molecule has 0 saturated carbocycles. The van der Waals surface area contributed by atoms with E-state index in [9.17, 15) is 4.79 Å². The van der Waals surface area contributed by atoms with Gasteiger partial charge in [-0.1, -0.05) is 5.16 Å². The first-order chi connectivity index (χ1) is 9.28. The van der Waals surface area contributed by atoms with Crippen LogP contribution in [0.2, 0.25) is 0 Å². The Balaban J connectivity index is 1.76. The summed E-state index contributed by atoms with van der Waals surface area (Å²) in [6, 6.07) is 3.11. The van der Waals surface area contributed by atoms with Gasteiger partial charge in [0.25, 0.3) is 5.91 Å².